The van der Waals surface area contributed by atoms with Crippen molar-refractivity contribution >= 4 is 17.7 Å². The van der Waals surface area contributed by atoms with E-state index in [1.54, 1.807) is 6.92 Å². The molecule has 0 radical (unpaired) electrons. The lowest BCUT2D eigenvalue weighted by molar-refractivity contribution is -0.154. The van der Waals surface area contributed by atoms with Gasteiger partial charge < -0.3 is 4.74 Å². The van der Waals surface area contributed by atoms with E-state index >= 15 is 0 Å². The molecule has 0 aromatic carbocycles. The van der Waals surface area contributed by atoms with Crippen LogP contribution < -0.4 is 0 Å². The standard InChI is InChI=1S/C17H32F2O2S/c1-7-9-17(18,19)10-8-11-22-14(12-13(2)3)15(20)21-16(4,5)6/h13-14H,7-12H2,1-6H3. The first kappa shape index (κ1) is 21.7. The lowest BCUT2D eigenvalue weighted by Crippen LogP contribution is -2.31. The maximum atomic E-state index is 13.4. The van der Waals surface area contributed by atoms with Gasteiger partial charge in [0.1, 0.15) is 10.9 Å². The molecule has 0 heterocycles. The molecule has 5 heteroatoms. The molecule has 0 rings (SSSR count). The van der Waals surface area contributed by atoms with Crippen LogP contribution in [-0.2, 0) is 9.53 Å². The third-order valence-electron chi connectivity index (χ3n) is 2.98. The van der Waals surface area contributed by atoms with E-state index in [9.17, 15) is 13.6 Å². The minimum atomic E-state index is -2.57. The van der Waals surface area contributed by atoms with Gasteiger partial charge in [-0.2, -0.15) is 0 Å². The third-order valence-corrected chi connectivity index (χ3v) is 4.29. The Morgan fingerprint density at radius 3 is 2.23 bits per heavy atom. The van der Waals surface area contributed by atoms with Gasteiger partial charge in [-0.3, -0.25) is 4.79 Å². The van der Waals surface area contributed by atoms with E-state index in [0.717, 1.165) is 0 Å². The lowest BCUT2D eigenvalue weighted by Gasteiger charge is -2.25. The van der Waals surface area contributed by atoms with Crippen LogP contribution in [0.3, 0.4) is 0 Å². The Morgan fingerprint density at radius 1 is 1.18 bits per heavy atom. The number of thioether (sulfide) groups is 1. The summed E-state index contributed by atoms with van der Waals surface area (Å²) in [4.78, 5) is 12.2. The van der Waals surface area contributed by atoms with Crippen LogP contribution in [0.15, 0.2) is 0 Å². The molecule has 1 atom stereocenters. The van der Waals surface area contributed by atoms with Crippen LogP contribution in [-0.4, -0.2) is 28.5 Å². The molecule has 0 saturated heterocycles. The highest BCUT2D eigenvalue weighted by molar-refractivity contribution is 8.00. The number of carbonyl (C=O) groups is 1. The predicted molar refractivity (Wildman–Crippen MR) is 90.6 cm³/mol. The molecule has 0 aliphatic rings. The molecule has 1 unspecified atom stereocenters. The summed E-state index contributed by atoms with van der Waals surface area (Å²) in [5.74, 6) is -1.87. The summed E-state index contributed by atoms with van der Waals surface area (Å²) in [5, 5.41) is -0.265. The predicted octanol–water partition coefficient (Wildman–Crippen LogP) is 5.69. The molecule has 0 spiro atoms. The number of hydrogen-bond acceptors (Lipinski definition) is 3. The van der Waals surface area contributed by atoms with Crippen LogP contribution in [0.2, 0.25) is 0 Å². The average molecular weight is 339 g/mol. The van der Waals surface area contributed by atoms with Crippen molar-refractivity contribution in [2.75, 3.05) is 5.75 Å². The van der Waals surface area contributed by atoms with Crippen molar-refractivity contribution < 1.29 is 18.3 Å². The van der Waals surface area contributed by atoms with Crippen LogP contribution in [0.5, 0.6) is 0 Å². The molecule has 0 amide bonds. The first-order valence-electron chi connectivity index (χ1n) is 8.19. The van der Waals surface area contributed by atoms with Gasteiger partial charge in [-0.15, -0.1) is 11.8 Å². The normalized spacial score (nSPS) is 14.2. The van der Waals surface area contributed by atoms with E-state index in [0.29, 0.717) is 30.9 Å². The highest BCUT2D eigenvalue weighted by atomic mass is 32.2. The Hall–Kier alpha value is -0.320. The first-order valence-corrected chi connectivity index (χ1v) is 9.24. The van der Waals surface area contributed by atoms with Crippen LogP contribution in [0, 0.1) is 5.92 Å². The van der Waals surface area contributed by atoms with Crippen LogP contribution >= 0.6 is 11.8 Å². The number of hydrogen-bond donors (Lipinski definition) is 0. The number of halogens is 2. The molecular formula is C17H32F2O2S. The molecule has 0 N–H and O–H groups in total. The summed E-state index contributed by atoms with van der Waals surface area (Å²) in [6.07, 6.45) is 1.48. The lowest BCUT2D eigenvalue weighted by atomic mass is 10.1. The molecule has 0 fully saturated rings. The molecule has 2 nitrogen and oxygen atoms in total. The van der Waals surface area contributed by atoms with Gasteiger partial charge in [0.05, 0.1) is 0 Å². The second-order valence-corrected chi connectivity index (χ2v) is 8.54. The van der Waals surface area contributed by atoms with E-state index in [4.69, 9.17) is 4.74 Å². The summed E-state index contributed by atoms with van der Waals surface area (Å²) < 4.78 is 32.3. The third kappa shape index (κ3) is 11.3. The number of alkyl halides is 2. The summed E-state index contributed by atoms with van der Waals surface area (Å²) in [7, 11) is 0. The maximum Gasteiger partial charge on any atom is 0.319 e. The van der Waals surface area contributed by atoms with Crippen molar-refractivity contribution in [1.82, 2.24) is 0 Å². The van der Waals surface area contributed by atoms with Gasteiger partial charge in [0, 0.05) is 12.8 Å². The molecule has 0 aliphatic heterocycles. The first-order chi connectivity index (χ1) is 9.97. The van der Waals surface area contributed by atoms with Gasteiger partial charge in [-0.1, -0.05) is 27.2 Å². The van der Waals surface area contributed by atoms with Gasteiger partial charge in [0.2, 0.25) is 5.92 Å². The molecular weight excluding hydrogens is 306 g/mol. The zero-order chi connectivity index (χ0) is 17.4. The molecule has 22 heavy (non-hydrogen) atoms. The van der Waals surface area contributed by atoms with Crippen molar-refractivity contribution in [3.63, 3.8) is 0 Å². The van der Waals surface area contributed by atoms with E-state index in [1.807, 2.05) is 34.6 Å². The fourth-order valence-electron chi connectivity index (χ4n) is 2.08. The van der Waals surface area contributed by atoms with Gasteiger partial charge in [-0.05, 0) is 45.3 Å². The highest BCUT2D eigenvalue weighted by Crippen LogP contribution is 2.29. The Bertz CT molecular complexity index is 325. The van der Waals surface area contributed by atoms with Crippen LogP contribution in [0.25, 0.3) is 0 Å². The number of ether oxygens (including phenoxy) is 1. The van der Waals surface area contributed by atoms with Crippen molar-refractivity contribution in [2.45, 2.75) is 90.4 Å². The number of esters is 1. The Morgan fingerprint density at radius 2 is 1.77 bits per heavy atom. The zero-order valence-corrected chi connectivity index (χ0v) is 15.7. The van der Waals surface area contributed by atoms with E-state index in [1.165, 1.54) is 11.8 Å². The monoisotopic (exact) mass is 338 g/mol. The molecule has 0 aliphatic carbocycles. The van der Waals surface area contributed by atoms with Crippen molar-refractivity contribution in [3.05, 3.63) is 0 Å². The smallest absolute Gasteiger partial charge is 0.319 e. The molecule has 0 bridgehead atoms. The second kappa shape index (κ2) is 9.74. The molecule has 132 valence electrons. The molecule has 0 aromatic heterocycles. The highest BCUT2D eigenvalue weighted by Gasteiger charge is 2.29. The van der Waals surface area contributed by atoms with E-state index in [2.05, 4.69) is 0 Å². The Labute approximate surface area is 138 Å². The van der Waals surface area contributed by atoms with Gasteiger partial charge in [0.15, 0.2) is 0 Å². The van der Waals surface area contributed by atoms with E-state index in [-0.39, 0.29) is 24.1 Å². The summed E-state index contributed by atoms with van der Waals surface area (Å²) in [6, 6.07) is 0. The molecule has 0 aromatic rings. The minimum absolute atomic E-state index is 0.0564. The number of rotatable bonds is 10. The largest absolute Gasteiger partial charge is 0.459 e. The van der Waals surface area contributed by atoms with E-state index < -0.39 is 11.5 Å². The topological polar surface area (TPSA) is 26.3 Å². The van der Waals surface area contributed by atoms with Crippen LogP contribution in [0.1, 0.15) is 73.6 Å². The van der Waals surface area contributed by atoms with Gasteiger partial charge in [0.25, 0.3) is 0 Å². The summed E-state index contributed by atoms with van der Waals surface area (Å²) >= 11 is 1.45. The average Bonchev–Trinajstić information content (AvgIpc) is 2.30. The fourth-order valence-corrected chi connectivity index (χ4v) is 3.38. The zero-order valence-electron chi connectivity index (χ0n) is 14.9. The van der Waals surface area contributed by atoms with Gasteiger partial charge in [-0.25, -0.2) is 8.78 Å². The second-order valence-electron chi connectivity index (χ2n) is 7.23. The van der Waals surface area contributed by atoms with Gasteiger partial charge >= 0.3 is 5.97 Å². The SMILES string of the molecule is CCCC(F)(F)CCCSC(CC(C)C)C(=O)OC(C)(C)C. The van der Waals surface area contributed by atoms with Crippen LogP contribution in [0.4, 0.5) is 8.78 Å². The number of carbonyl (C=O) groups excluding carboxylic acids is 1. The maximum absolute atomic E-state index is 13.4. The molecule has 0 saturated carbocycles. The Balaban J connectivity index is 4.34. The van der Waals surface area contributed by atoms with Crippen molar-refractivity contribution in [3.8, 4) is 0 Å². The Kier molecular flexibility index (Phi) is 9.60. The minimum Gasteiger partial charge on any atom is -0.459 e. The summed E-state index contributed by atoms with van der Waals surface area (Å²) in [5.41, 5.74) is -0.513. The quantitative estimate of drug-likeness (QED) is 0.378. The fraction of sp³-hybridized carbons (Fsp3) is 0.941. The van der Waals surface area contributed by atoms with Crippen molar-refractivity contribution in [1.29, 1.82) is 0 Å². The van der Waals surface area contributed by atoms with Crippen molar-refractivity contribution in [2.24, 2.45) is 5.92 Å². The summed E-state index contributed by atoms with van der Waals surface area (Å²) in [6.45, 7) is 11.4.